The minimum Gasteiger partial charge on any atom is -0.496 e. The Morgan fingerprint density at radius 2 is 1.88 bits per heavy atom. The van der Waals surface area contributed by atoms with Crippen molar-refractivity contribution in [3.8, 4) is 5.75 Å². The summed E-state index contributed by atoms with van der Waals surface area (Å²) in [5, 5.41) is 0. The summed E-state index contributed by atoms with van der Waals surface area (Å²) in [7, 11) is 1.73. The molecular weight excluding hydrogens is 198 g/mol. The van der Waals surface area contributed by atoms with Crippen LogP contribution >= 0.6 is 0 Å². The Hall–Kier alpha value is -1.02. The Balaban J connectivity index is 3.13. The number of benzene rings is 1. The first kappa shape index (κ1) is 13.0. The first-order valence-corrected chi connectivity index (χ1v) is 5.85. The molecule has 0 spiro atoms. The summed E-state index contributed by atoms with van der Waals surface area (Å²) < 4.78 is 5.42. The van der Waals surface area contributed by atoms with Crippen molar-refractivity contribution in [2.75, 3.05) is 13.7 Å². The molecule has 90 valence electrons. The highest BCUT2D eigenvalue weighted by Gasteiger charge is 2.12. The summed E-state index contributed by atoms with van der Waals surface area (Å²) in [6.07, 6.45) is 1.05. The van der Waals surface area contributed by atoms with Gasteiger partial charge in [0.15, 0.2) is 0 Å². The van der Waals surface area contributed by atoms with Crippen LogP contribution in [0.15, 0.2) is 6.07 Å². The number of rotatable bonds is 4. The van der Waals surface area contributed by atoms with Gasteiger partial charge in [-0.25, -0.2) is 0 Å². The van der Waals surface area contributed by atoms with Crippen molar-refractivity contribution >= 4 is 0 Å². The molecule has 0 radical (unpaired) electrons. The molecule has 0 aliphatic heterocycles. The largest absolute Gasteiger partial charge is 0.496 e. The summed E-state index contributed by atoms with van der Waals surface area (Å²) in [6, 6.07) is 2.23. The van der Waals surface area contributed by atoms with Crippen molar-refractivity contribution < 1.29 is 4.74 Å². The second kappa shape index (κ2) is 5.35. The van der Waals surface area contributed by atoms with E-state index in [9.17, 15) is 0 Å². The highest BCUT2D eigenvalue weighted by Crippen LogP contribution is 2.29. The molecule has 1 rings (SSSR count). The fourth-order valence-corrected chi connectivity index (χ4v) is 2.13. The number of methoxy groups -OCH3 is 1. The molecular formula is C14H23NO. The van der Waals surface area contributed by atoms with E-state index < -0.39 is 0 Å². The molecule has 1 atom stereocenters. The summed E-state index contributed by atoms with van der Waals surface area (Å²) in [5.41, 5.74) is 10.9. The van der Waals surface area contributed by atoms with Crippen LogP contribution in [0.3, 0.4) is 0 Å². The molecule has 2 nitrogen and oxygen atoms in total. The van der Waals surface area contributed by atoms with Gasteiger partial charge in [-0.1, -0.05) is 13.0 Å². The third kappa shape index (κ3) is 2.56. The Morgan fingerprint density at radius 1 is 1.25 bits per heavy atom. The van der Waals surface area contributed by atoms with Crippen LogP contribution in [-0.4, -0.2) is 13.7 Å². The van der Waals surface area contributed by atoms with Crippen molar-refractivity contribution in [3.05, 3.63) is 28.3 Å². The van der Waals surface area contributed by atoms with Crippen molar-refractivity contribution in [1.82, 2.24) is 0 Å². The van der Waals surface area contributed by atoms with Crippen molar-refractivity contribution in [3.63, 3.8) is 0 Å². The SMILES string of the molecule is COc1c(C)cc(CC(C)CN)c(C)c1C. The average molecular weight is 221 g/mol. The lowest BCUT2D eigenvalue weighted by molar-refractivity contribution is 0.407. The van der Waals surface area contributed by atoms with Crippen LogP contribution in [-0.2, 0) is 6.42 Å². The van der Waals surface area contributed by atoms with E-state index in [-0.39, 0.29) is 0 Å². The number of hydrogen-bond donors (Lipinski definition) is 1. The fraction of sp³-hybridized carbons (Fsp3) is 0.571. The van der Waals surface area contributed by atoms with Crippen LogP contribution < -0.4 is 10.5 Å². The second-order valence-electron chi connectivity index (χ2n) is 4.68. The standard InChI is InChI=1S/C14H23NO/c1-9(8-15)6-13-7-10(2)14(16-5)12(4)11(13)3/h7,9H,6,8,15H2,1-5H3. The molecule has 2 heteroatoms. The Morgan fingerprint density at radius 3 is 2.38 bits per heavy atom. The fourth-order valence-electron chi connectivity index (χ4n) is 2.13. The van der Waals surface area contributed by atoms with Gasteiger partial charge in [-0.15, -0.1) is 0 Å². The zero-order valence-electron chi connectivity index (χ0n) is 11.1. The predicted molar refractivity (Wildman–Crippen MR) is 69.1 cm³/mol. The Kier molecular flexibility index (Phi) is 4.36. The number of nitrogens with two attached hydrogens (primary N) is 1. The zero-order chi connectivity index (χ0) is 12.3. The third-order valence-electron chi connectivity index (χ3n) is 3.31. The van der Waals surface area contributed by atoms with Gasteiger partial charge in [0.1, 0.15) is 5.75 Å². The minimum atomic E-state index is 0.533. The van der Waals surface area contributed by atoms with E-state index in [0.29, 0.717) is 5.92 Å². The predicted octanol–water partition coefficient (Wildman–Crippen LogP) is 2.76. The van der Waals surface area contributed by atoms with E-state index in [1.165, 1.54) is 22.3 Å². The van der Waals surface area contributed by atoms with E-state index in [2.05, 4.69) is 33.8 Å². The lowest BCUT2D eigenvalue weighted by Crippen LogP contribution is -2.14. The molecule has 0 aromatic heterocycles. The molecule has 0 fully saturated rings. The van der Waals surface area contributed by atoms with Gasteiger partial charge in [0.2, 0.25) is 0 Å². The van der Waals surface area contributed by atoms with Gasteiger partial charge >= 0.3 is 0 Å². The van der Waals surface area contributed by atoms with E-state index >= 15 is 0 Å². The van der Waals surface area contributed by atoms with Gasteiger partial charge in [-0.2, -0.15) is 0 Å². The molecule has 0 aliphatic rings. The van der Waals surface area contributed by atoms with Crippen LogP contribution in [0.1, 0.15) is 29.2 Å². The molecule has 0 saturated carbocycles. The smallest absolute Gasteiger partial charge is 0.124 e. The Labute approximate surface area is 98.8 Å². The zero-order valence-corrected chi connectivity index (χ0v) is 11.1. The second-order valence-corrected chi connectivity index (χ2v) is 4.68. The van der Waals surface area contributed by atoms with E-state index in [4.69, 9.17) is 10.5 Å². The van der Waals surface area contributed by atoms with Gasteiger partial charge in [0, 0.05) is 0 Å². The van der Waals surface area contributed by atoms with Crippen LogP contribution in [0.25, 0.3) is 0 Å². The van der Waals surface area contributed by atoms with E-state index in [0.717, 1.165) is 18.7 Å². The molecule has 0 saturated heterocycles. The van der Waals surface area contributed by atoms with E-state index in [1.807, 2.05) is 0 Å². The molecule has 0 heterocycles. The monoisotopic (exact) mass is 221 g/mol. The van der Waals surface area contributed by atoms with Gasteiger partial charge in [-0.05, 0) is 61.9 Å². The maximum Gasteiger partial charge on any atom is 0.124 e. The summed E-state index contributed by atoms with van der Waals surface area (Å²) >= 11 is 0. The topological polar surface area (TPSA) is 35.2 Å². The maximum atomic E-state index is 5.68. The minimum absolute atomic E-state index is 0.533. The summed E-state index contributed by atoms with van der Waals surface area (Å²) in [4.78, 5) is 0. The summed E-state index contributed by atoms with van der Waals surface area (Å²) in [6.45, 7) is 9.31. The average Bonchev–Trinajstić information content (AvgIpc) is 2.26. The maximum absolute atomic E-state index is 5.68. The van der Waals surface area contributed by atoms with Crippen molar-refractivity contribution in [2.45, 2.75) is 34.1 Å². The third-order valence-corrected chi connectivity index (χ3v) is 3.31. The lowest BCUT2D eigenvalue weighted by Gasteiger charge is -2.17. The number of ether oxygens (including phenoxy) is 1. The highest BCUT2D eigenvalue weighted by atomic mass is 16.5. The van der Waals surface area contributed by atoms with Gasteiger partial charge in [-0.3, -0.25) is 0 Å². The molecule has 1 unspecified atom stereocenters. The first-order chi connectivity index (χ1) is 7.51. The van der Waals surface area contributed by atoms with Crippen LogP contribution in [0.4, 0.5) is 0 Å². The van der Waals surface area contributed by atoms with E-state index in [1.54, 1.807) is 7.11 Å². The van der Waals surface area contributed by atoms with Gasteiger partial charge in [0.05, 0.1) is 7.11 Å². The Bertz CT molecular complexity index is 371. The molecule has 1 aromatic carbocycles. The number of aryl methyl sites for hydroxylation is 1. The van der Waals surface area contributed by atoms with Crippen molar-refractivity contribution in [1.29, 1.82) is 0 Å². The van der Waals surface area contributed by atoms with Crippen LogP contribution in [0.5, 0.6) is 5.75 Å². The summed E-state index contributed by atoms with van der Waals surface area (Å²) in [5.74, 6) is 1.55. The first-order valence-electron chi connectivity index (χ1n) is 5.85. The van der Waals surface area contributed by atoms with Crippen molar-refractivity contribution in [2.24, 2.45) is 11.7 Å². The van der Waals surface area contributed by atoms with Gasteiger partial charge < -0.3 is 10.5 Å². The van der Waals surface area contributed by atoms with Gasteiger partial charge in [0.25, 0.3) is 0 Å². The van der Waals surface area contributed by atoms with Crippen LogP contribution in [0, 0.1) is 26.7 Å². The molecule has 0 amide bonds. The molecule has 0 aliphatic carbocycles. The number of hydrogen-bond acceptors (Lipinski definition) is 2. The normalized spacial score (nSPS) is 12.6. The highest BCUT2D eigenvalue weighted by molar-refractivity contribution is 5.49. The quantitative estimate of drug-likeness (QED) is 0.848. The molecule has 16 heavy (non-hydrogen) atoms. The molecule has 2 N–H and O–H groups in total. The molecule has 1 aromatic rings. The lowest BCUT2D eigenvalue weighted by atomic mass is 9.92. The van der Waals surface area contributed by atoms with Crippen LogP contribution in [0.2, 0.25) is 0 Å². The molecule has 0 bridgehead atoms.